The molecule has 0 spiro atoms. The summed E-state index contributed by atoms with van der Waals surface area (Å²) in [6, 6.07) is 9.64. The number of imide groups is 1. The Labute approximate surface area is 202 Å². The number of hydrogen-bond acceptors (Lipinski definition) is 5. The number of aromatic nitrogens is 1. The van der Waals surface area contributed by atoms with Gasteiger partial charge >= 0.3 is 12.2 Å². The van der Waals surface area contributed by atoms with Gasteiger partial charge in [0.15, 0.2) is 0 Å². The fourth-order valence-corrected chi connectivity index (χ4v) is 5.62. The van der Waals surface area contributed by atoms with Gasteiger partial charge in [-0.3, -0.25) is 14.9 Å². The van der Waals surface area contributed by atoms with E-state index in [-0.39, 0.29) is 11.8 Å². The Morgan fingerprint density at radius 1 is 1.11 bits per heavy atom. The van der Waals surface area contributed by atoms with Gasteiger partial charge in [0.1, 0.15) is 5.54 Å². The number of rotatable bonds is 3. The van der Waals surface area contributed by atoms with Crippen molar-refractivity contribution in [2.24, 2.45) is 0 Å². The monoisotopic (exact) mass is 502 g/mol. The largest absolute Gasteiger partial charge is 0.416 e. The molecule has 1 aromatic heterocycles. The number of piperidine rings is 1. The van der Waals surface area contributed by atoms with E-state index >= 15 is 0 Å². The lowest BCUT2D eigenvalue weighted by molar-refractivity contribution is -0.137. The number of thiazole rings is 1. The number of urea groups is 1. The molecule has 2 N–H and O–H groups in total. The number of fused-ring (bicyclic) bond motifs is 1. The molecule has 11 heteroatoms. The lowest BCUT2D eigenvalue weighted by Gasteiger charge is -2.31. The van der Waals surface area contributed by atoms with Gasteiger partial charge in [-0.25, -0.2) is 9.78 Å². The van der Waals surface area contributed by atoms with Gasteiger partial charge < -0.3 is 10.2 Å². The molecule has 0 aliphatic carbocycles. The van der Waals surface area contributed by atoms with Crippen molar-refractivity contribution in [1.82, 2.24) is 20.5 Å². The molecule has 2 aliphatic rings. The number of carbonyl (C=O) groups is 3. The van der Waals surface area contributed by atoms with Crippen LogP contribution >= 0.6 is 11.3 Å². The maximum atomic E-state index is 13.0. The van der Waals surface area contributed by atoms with Gasteiger partial charge in [-0.2, -0.15) is 13.2 Å². The molecule has 2 saturated heterocycles. The second kappa shape index (κ2) is 8.33. The number of amides is 4. The highest BCUT2D eigenvalue weighted by Gasteiger charge is 2.43. The van der Waals surface area contributed by atoms with Crippen LogP contribution in [0.3, 0.4) is 0 Å². The molecular weight excluding hydrogens is 481 g/mol. The van der Waals surface area contributed by atoms with E-state index in [2.05, 4.69) is 15.6 Å². The molecule has 2 aliphatic heterocycles. The number of nitrogens with one attached hydrogen (secondary N) is 2. The molecule has 3 heterocycles. The zero-order chi connectivity index (χ0) is 25.0. The zero-order valence-corrected chi connectivity index (χ0v) is 19.4. The Balaban J connectivity index is 1.24. The fourth-order valence-electron chi connectivity index (χ4n) is 4.50. The van der Waals surface area contributed by atoms with E-state index in [0.717, 1.165) is 17.1 Å². The summed E-state index contributed by atoms with van der Waals surface area (Å²) in [5.74, 6) is -0.509. The van der Waals surface area contributed by atoms with Gasteiger partial charge in [0.05, 0.1) is 20.8 Å². The zero-order valence-electron chi connectivity index (χ0n) is 18.6. The molecule has 0 radical (unpaired) electrons. The third kappa shape index (κ3) is 4.24. The minimum atomic E-state index is -4.41. The minimum absolute atomic E-state index is 0.0811. The van der Waals surface area contributed by atoms with Crippen LogP contribution in [0.4, 0.5) is 18.0 Å². The number of hydrogen-bond donors (Lipinski definition) is 2. The average molecular weight is 503 g/mol. The summed E-state index contributed by atoms with van der Waals surface area (Å²) in [6.45, 7) is 2.61. The average Bonchev–Trinajstić information content (AvgIpc) is 3.37. The highest BCUT2D eigenvalue weighted by Crippen LogP contribution is 2.37. The SMILES string of the molecule is C[C@]1(c2ccc(C(=O)N3CCC(c4nc5cc(C(F)(F)F)ccc5s4)CC3)cc2)NC(=O)NC1=O. The van der Waals surface area contributed by atoms with E-state index in [4.69, 9.17) is 0 Å². The highest BCUT2D eigenvalue weighted by molar-refractivity contribution is 7.18. The van der Waals surface area contributed by atoms with Gasteiger partial charge in [-0.1, -0.05) is 12.1 Å². The molecule has 182 valence electrons. The second-order valence-corrected chi connectivity index (χ2v) is 9.97. The quantitative estimate of drug-likeness (QED) is 0.520. The van der Waals surface area contributed by atoms with Gasteiger partial charge in [-0.05, 0) is 55.7 Å². The number of halogens is 3. The first kappa shape index (κ1) is 23.3. The van der Waals surface area contributed by atoms with Crippen LogP contribution < -0.4 is 10.6 Å². The smallest absolute Gasteiger partial charge is 0.339 e. The van der Waals surface area contributed by atoms with Crippen LogP contribution in [0.1, 0.15) is 52.2 Å². The lowest BCUT2D eigenvalue weighted by atomic mass is 9.91. The predicted molar refractivity (Wildman–Crippen MR) is 123 cm³/mol. The molecule has 0 bridgehead atoms. The molecule has 2 fully saturated rings. The van der Waals surface area contributed by atoms with Crippen molar-refractivity contribution in [2.75, 3.05) is 13.1 Å². The van der Waals surface area contributed by atoms with E-state index < -0.39 is 29.2 Å². The highest BCUT2D eigenvalue weighted by atomic mass is 32.1. The van der Waals surface area contributed by atoms with Crippen LogP contribution in [-0.2, 0) is 16.5 Å². The van der Waals surface area contributed by atoms with E-state index in [0.29, 0.717) is 47.3 Å². The predicted octanol–water partition coefficient (Wildman–Crippen LogP) is 4.39. The number of carbonyl (C=O) groups excluding carboxylic acids is 3. The van der Waals surface area contributed by atoms with Crippen LogP contribution in [0.5, 0.6) is 0 Å². The van der Waals surface area contributed by atoms with Gasteiger partial charge in [-0.15, -0.1) is 11.3 Å². The topological polar surface area (TPSA) is 91.4 Å². The molecule has 1 atom stereocenters. The van der Waals surface area contributed by atoms with Crippen molar-refractivity contribution in [3.05, 3.63) is 64.2 Å². The van der Waals surface area contributed by atoms with E-state index in [1.54, 1.807) is 36.1 Å². The summed E-state index contributed by atoms with van der Waals surface area (Å²) in [6.07, 6.45) is -3.07. The summed E-state index contributed by atoms with van der Waals surface area (Å²) in [5.41, 5.74) is -0.506. The number of benzene rings is 2. The first-order valence-electron chi connectivity index (χ1n) is 11.1. The summed E-state index contributed by atoms with van der Waals surface area (Å²) < 4.78 is 39.7. The number of nitrogens with zero attached hydrogens (tertiary/aromatic N) is 2. The summed E-state index contributed by atoms with van der Waals surface area (Å²) in [7, 11) is 0. The van der Waals surface area contributed by atoms with Gasteiger partial charge in [0.25, 0.3) is 11.8 Å². The molecule has 2 aromatic carbocycles. The second-order valence-electron chi connectivity index (χ2n) is 8.91. The Morgan fingerprint density at radius 3 is 2.40 bits per heavy atom. The maximum absolute atomic E-state index is 13.0. The lowest BCUT2D eigenvalue weighted by Crippen LogP contribution is -2.40. The van der Waals surface area contributed by atoms with Crippen molar-refractivity contribution in [3.8, 4) is 0 Å². The van der Waals surface area contributed by atoms with Crippen LogP contribution in [0.15, 0.2) is 42.5 Å². The standard InChI is InChI=1S/C24H21F3N4O3S/c1-23(21(33)29-22(34)30-23)15-4-2-14(3-5-15)20(32)31-10-8-13(9-11-31)19-28-17-12-16(24(25,26)27)6-7-18(17)35-19/h2-7,12-13H,8-11H2,1H3,(H2,29,30,33,34)/t23-/m1/s1. The third-order valence-corrected chi connectivity index (χ3v) is 7.82. The molecule has 5 rings (SSSR count). The molecule has 0 saturated carbocycles. The number of alkyl halides is 3. The molecule has 4 amide bonds. The van der Waals surface area contributed by atoms with Crippen LogP contribution in [-0.4, -0.2) is 40.8 Å². The van der Waals surface area contributed by atoms with Crippen LogP contribution in [0.25, 0.3) is 10.2 Å². The van der Waals surface area contributed by atoms with Gasteiger partial charge in [0.2, 0.25) is 0 Å². The third-order valence-electron chi connectivity index (χ3n) is 6.62. The first-order chi connectivity index (χ1) is 16.5. The van der Waals surface area contributed by atoms with Crippen molar-refractivity contribution in [1.29, 1.82) is 0 Å². The van der Waals surface area contributed by atoms with E-state index in [1.807, 2.05) is 0 Å². The van der Waals surface area contributed by atoms with E-state index in [1.165, 1.54) is 17.4 Å². The first-order valence-corrected chi connectivity index (χ1v) is 11.9. The minimum Gasteiger partial charge on any atom is -0.339 e. The molecule has 0 unspecified atom stereocenters. The Kier molecular flexibility index (Phi) is 5.54. The van der Waals surface area contributed by atoms with Crippen LogP contribution in [0.2, 0.25) is 0 Å². The van der Waals surface area contributed by atoms with Crippen molar-refractivity contribution >= 4 is 39.4 Å². The van der Waals surface area contributed by atoms with E-state index in [9.17, 15) is 27.6 Å². The molecule has 7 nitrogen and oxygen atoms in total. The molecular formula is C24H21F3N4O3S. The van der Waals surface area contributed by atoms with Gasteiger partial charge in [0, 0.05) is 24.6 Å². The van der Waals surface area contributed by atoms with Crippen molar-refractivity contribution in [3.63, 3.8) is 0 Å². The number of likely N-dealkylation sites (tertiary alicyclic amines) is 1. The van der Waals surface area contributed by atoms with Crippen molar-refractivity contribution < 1.29 is 27.6 Å². The Hall–Kier alpha value is -3.47. The fraction of sp³-hybridized carbons (Fsp3) is 0.333. The summed E-state index contributed by atoms with van der Waals surface area (Å²) in [5, 5.41) is 5.60. The Morgan fingerprint density at radius 2 is 1.80 bits per heavy atom. The normalized spacial score (nSPS) is 21.3. The maximum Gasteiger partial charge on any atom is 0.416 e. The van der Waals surface area contributed by atoms with Crippen LogP contribution in [0, 0.1) is 0 Å². The summed E-state index contributed by atoms with van der Waals surface area (Å²) >= 11 is 1.40. The summed E-state index contributed by atoms with van der Waals surface area (Å²) in [4.78, 5) is 42.8. The molecule has 35 heavy (non-hydrogen) atoms. The Bertz CT molecular complexity index is 1330. The molecule has 3 aromatic rings. The van der Waals surface area contributed by atoms with Crippen molar-refractivity contribution in [2.45, 2.75) is 37.4 Å².